The van der Waals surface area contributed by atoms with Gasteiger partial charge in [0.25, 0.3) is 0 Å². The van der Waals surface area contributed by atoms with E-state index in [1.165, 1.54) is 17.9 Å². The molecule has 134 valence electrons. The molecule has 0 saturated carbocycles. The van der Waals surface area contributed by atoms with E-state index in [-0.39, 0.29) is 17.3 Å². The zero-order valence-corrected chi connectivity index (χ0v) is 15.3. The van der Waals surface area contributed by atoms with Gasteiger partial charge >= 0.3 is 0 Å². The number of nitrogens with zero attached hydrogens (tertiary/aromatic N) is 2. The van der Waals surface area contributed by atoms with Crippen LogP contribution in [0.3, 0.4) is 0 Å². The first kappa shape index (κ1) is 17.9. The standard InChI is InChI=1S/C19H19N3O3S/c1-13(23)22(17-5-3-4-6-18(17)26(2,24)25)12-14-7-8-15-9-10-19(20)21-16(15)11-14/h3-11H,12H2,1-2H3,(H2,20,21). The number of benzene rings is 2. The summed E-state index contributed by atoms with van der Waals surface area (Å²) in [6.07, 6.45) is 1.13. The van der Waals surface area contributed by atoms with Crippen LogP contribution >= 0.6 is 0 Å². The topological polar surface area (TPSA) is 93.4 Å². The Hall–Kier alpha value is -2.93. The monoisotopic (exact) mass is 369 g/mol. The molecule has 0 aliphatic rings. The fraction of sp³-hybridized carbons (Fsp3) is 0.158. The number of fused-ring (bicyclic) bond motifs is 1. The van der Waals surface area contributed by atoms with E-state index >= 15 is 0 Å². The summed E-state index contributed by atoms with van der Waals surface area (Å²) in [4.78, 5) is 18.1. The van der Waals surface area contributed by atoms with Crippen molar-refractivity contribution in [2.45, 2.75) is 18.4 Å². The van der Waals surface area contributed by atoms with E-state index in [2.05, 4.69) is 4.98 Å². The molecule has 1 heterocycles. The molecule has 0 saturated heterocycles. The van der Waals surface area contributed by atoms with Crippen molar-refractivity contribution in [2.75, 3.05) is 16.9 Å². The number of nitrogen functional groups attached to an aromatic ring is 1. The van der Waals surface area contributed by atoms with Crippen molar-refractivity contribution in [2.24, 2.45) is 0 Å². The van der Waals surface area contributed by atoms with Gasteiger partial charge in [0.2, 0.25) is 5.91 Å². The molecule has 26 heavy (non-hydrogen) atoms. The van der Waals surface area contributed by atoms with Crippen LogP contribution in [0.2, 0.25) is 0 Å². The Bertz CT molecular complexity index is 1090. The van der Waals surface area contributed by atoms with Gasteiger partial charge in [-0.05, 0) is 35.9 Å². The minimum absolute atomic E-state index is 0.123. The summed E-state index contributed by atoms with van der Waals surface area (Å²) in [5.41, 5.74) is 7.66. The normalized spacial score (nSPS) is 11.5. The highest BCUT2D eigenvalue weighted by Gasteiger charge is 2.20. The highest BCUT2D eigenvalue weighted by Crippen LogP contribution is 2.27. The Balaban J connectivity index is 2.05. The molecular weight excluding hydrogens is 350 g/mol. The summed E-state index contributed by atoms with van der Waals surface area (Å²) < 4.78 is 24.2. The fourth-order valence-corrected chi connectivity index (χ4v) is 3.70. The van der Waals surface area contributed by atoms with Crippen LogP contribution in [-0.2, 0) is 21.2 Å². The smallest absolute Gasteiger partial charge is 0.224 e. The summed E-state index contributed by atoms with van der Waals surface area (Å²) in [5.74, 6) is 0.169. The van der Waals surface area contributed by atoms with E-state index in [9.17, 15) is 13.2 Å². The molecule has 0 unspecified atom stereocenters. The third-order valence-corrected chi connectivity index (χ3v) is 5.20. The van der Waals surface area contributed by atoms with Gasteiger partial charge in [0.05, 0.1) is 22.6 Å². The van der Waals surface area contributed by atoms with Crippen LogP contribution in [0.25, 0.3) is 10.9 Å². The molecule has 7 heteroatoms. The quantitative estimate of drug-likeness (QED) is 0.763. The average molecular weight is 369 g/mol. The van der Waals surface area contributed by atoms with Crippen molar-refractivity contribution in [3.8, 4) is 0 Å². The fourth-order valence-electron chi connectivity index (χ4n) is 2.82. The number of anilines is 2. The number of carbonyl (C=O) groups excluding carboxylic acids is 1. The number of pyridine rings is 1. The van der Waals surface area contributed by atoms with Crippen LogP contribution < -0.4 is 10.6 Å². The summed E-state index contributed by atoms with van der Waals surface area (Å²) in [6, 6.07) is 15.7. The number of rotatable bonds is 4. The Morgan fingerprint density at radius 3 is 2.50 bits per heavy atom. The van der Waals surface area contributed by atoms with Gasteiger partial charge in [-0.25, -0.2) is 13.4 Å². The van der Waals surface area contributed by atoms with Crippen molar-refractivity contribution in [3.63, 3.8) is 0 Å². The zero-order chi connectivity index (χ0) is 18.9. The number of hydrogen-bond donors (Lipinski definition) is 1. The lowest BCUT2D eigenvalue weighted by atomic mass is 10.1. The van der Waals surface area contributed by atoms with Crippen LogP contribution in [-0.4, -0.2) is 25.6 Å². The van der Waals surface area contributed by atoms with Crippen molar-refractivity contribution < 1.29 is 13.2 Å². The van der Waals surface area contributed by atoms with Crippen LogP contribution in [0.15, 0.2) is 59.5 Å². The molecule has 1 amide bonds. The summed E-state index contributed by atoms with van der Waals surface area (Å²) in [5, 5.41) is 0.939. The molecule has 0 atom stereocenters. The number of sulfone groups is 1. The molecule has 0 spiro atoms. The molecule has 0 bridgehead atoms. The number of hydrogen-bond acceptors (Lipinski definition) is 5. The Morgan fingerprint density at radius 1 is 1.12 bits per heavy atom. The lowest BCUT2D eigenvalue weighted by Crippen LogP contribution is -2.29. The van der Waals surface area contributed by atoms with E-state index in [4.69, 9.17) is 5.73 Å². The maximum atomic E-state index is 12.2. The minimum Gasteiger partial charge on any atom is -0.384 e. The van der Waals surface area contributed by atoms with Gasteiger partial charge in [-0.1, -0.05) is 24.3 Å². The third kappa shape index (κ3) is 3.67. The molecular formula is C19H19N3O3S. The summed E-state index contributed by atoms with van der Waals surface area (Å²) in [7, 11) is -3.47. The lowest BCUT2D eigenvalue weighted by molar-refractivity contribution is -0.116. The van der Waals surface area contributed by atoms with Crippen LogP contribution in [0, 0.1) is 0 Å². The second-order valence-corrected chi connectivity index (χ2v) is 8.09. The first-order valence-electron chi connectivity index (χ1n) is 7.98. The molecule has 3 aromatic rings. The van der Waals surface area contributed by atoms with E-state index in [0.717, 1.165) is 22.7 Å². The SMILES string of the molecule is CC(=O)N(Cc1ccc2ccc(N)nc2c1)c1ccccc1S(C)(=O)=O. The van der Waals surface area contributed by atoms with Gasteiger partial charge in [0, 0.05) is 18.6 Å². The molecule has 0 radical (unpaired) electrons. The number of carbonyl (C=O) groups is 1. The first-order chi connectivity index (χ1) is 12.3. The van der Waals surface area contributed by atoms with E-state index < -0.39 is 9.84 Å². The second-order valence-electron chi connectivity index (χ2n) is 6.11. The van der Waals surface area contributed by atoms with Crippen molar-refractivity contribution in [1.82, 2.24) is 4.98 Å². The zero-order valence-electron chi connectivity index (χ0n) is 14.5. The largest absolute Gasteiger partial charge is 0.384 e. The molecule has 2 N–H and O–H groups in total. The lowest BCUT2D eigenvalue weighted by Gasteiger charge is -2.23. The van der Waals surface area contributed by atoms with Crippen LogP contribution in [0.5, 0.6) is 0 Å². The Kier molecular flexibility index (Phi) is 4.65. The number of para-hydroxylation sites is 1. The van der Waals surface area contributed by atoms with Crippen molar-refractivity contribution in [3.05, 3.63) is 60.2 Å². The molecule has 3 rings (SSSR count). The Labute approximate surface area is 152 Å². The molecule has 0 aliphatic carbocycles. The summed E-state index contributed by atoms with van der Waals surface area (Å²) in [6.45, 7) is 1.64. The van der Waals surface area contributed by atoms with Gasteiger partial charge < -0.3 is 10.6 Å². The minimum atomic E-state index is -3.47. The number of nitrogens with two attached hydrogens (primary N) is 1. The van der Waals surface area contributed by atoms with Gasteiger partial charge in [0.15, 0.2) is 9.84 Å². The first-order valence-corrected chi connectivity index (χ1v) is 9.87. The van der Waals surface area contributed by atoms with Crippen molar-refractivity contribution in [1.29, 1.82) is 0 Å². The third-order valence-electron chi connectivity index (χ3n) is 4.05. The maximum Gasteiger partial charge on any atom is 0.224 e. The van der Waals surface area contributed by atoms with Gasteiger partial charge in [0.1, 0.15) is 5.82 Å². The predicted octanol–water partition coefficient (Wildman–Crippen LogP) is 2.77. The number of amides is 1. The second kappa shape index (κ2) is 6.76. The van der Waals surface area contributed by atoms with E-state index in [1.807, 2.05) is 24.3 Å². The average Bonchev–Trinajstić information content (AvgIpc) is 2.58. The number of aromatic nitrogens is 1. The van der Waals surface area contributed by atoms with Crippen LogP contribution in [0.4, 0.5) is 11.5 Å². The van der Waals surface area contributed by atoms with Gasteiger partial charge in [-0.3, -0.25) is 4.79 Å². The van der Waals surface area contributed by atoms with E-state index in [0.29, 0.717) is 11.5 Å². The molecule has 1 aromatic heterocycles. The van der Waals surface area contributed by atoms with E-state index in [1.54, 1.807) is 24.3 Å². The Morgan fingerprint density at radius 2 is 1.81 bits per heavy atom. The summed E-state index contributed by atoms with van der Waals surface area (Å²) >= 11 is 0. The van der Waals surface area contributed by atoms with Crippen LogP contribution in [0.1, 0.15) is 12.5 Å². The molecule has 2 aromatic carbocycles. The molecule has 0 fully saturated rings. The molecule has 0 aliphatic heterocycles. The highest BCUT2D eigenvalue weighted by molar-refractivity contribution is 7.90. The maximum absolute atomic E-state index is 12.2. The van der Waals surface area contributed by atoms with Gasteiger partial charge in [-0.15, -0.1) is 0 Å². The molecule has 6 nitrogen and oxygen atoms in total. The predicted molar refractivity (Wildman–Crippen MR) is 103 cm³/mol. The van der Waals surface area contributed by atoms with Crippen molar-refractivity contribution >= 4 is 38.2 Å². The highest BCUT2D eigenvalue weighted by atomic mass is 32.2. The van der Waals surface area contributed by atoms with Gasteiger partial charge in [-0.2, -0.15) is 0 Å².